The van der Waals surface area contributed by atoms with E-state index in [1.165, 1.54) is 11.1 Å². The van der Waals surface area contributed by atoms with Gasteiger partial charge < -0.3 is 10.5 Å². The molecule has 1 aliphatic heterocycles. The first-order valence-electron chi connectivity index (χ1n) is 6.09. The van der Waals surface area contributed by atoms with E-state index < -0.39 is 0 Å². The fraction of sp³-hybridized carbons (Fsp3) is 0.571. The number of benzene rings is 1. The van der Waals surface area contributed by atoms with Crippen molar-refractivity contribution in [1.82, 2.24) is 0 Å². The Kier molecular flexibility index (Phi) is 3.31. The van der Waals surface area contributed by atoms with Gasteiger partial charge >= 0.3 is 0 Å². The topological polar surface area (TPSA) is 35.2 Å². The van der Waals surface area contributed by atoms with E-state index in [-0.39, 0.29) is 5.54 Å². The van der Waals surface area contributed by atoms with Crippen LogP contribution in [-0.4, -0.2) is 13.2 Å². The fourth-order valence-electron chi connectivity index (χ4n) is 2.22. The van der Waals surface area contributed by atoms with Crippen molar-refractivity contribution in [2.75, 3.05) is 13.2 Å². The highest BCUT2D eigenvalue weighted by molar-refractivity contribution is 5.30. The van der Waals surface area contributed by atoms with E-state index in [4.69, 9.17) is 10.5 Å². The van der Waals surface area contributed by atoms with Crippen molar-refractivity contribution in [3.8, 4) is 0 Å². The Labute approximate surface area is 97.8 Å². The minimum atomic E-state index is -0.173. The average molecular weight is 219 g/mol. The third-order valence-corrected chi connectivity index (χ3v) is 3.54. The van der Waals surface area contributed by atoms with E-state index in [2.05, 4.69) is 38.1 Å². The first-order valence-corrected chi connectivity index (χ1v) is 6.09. The summed E-state index contributed by atoms with van der Waals surface area (Å²) in [5, 5.41) is 0. The van der Waals surface area contributed by atoms with Gasteiger partial charge in [0.2, 0.25) is 0 Å². The van der Waals surface area contributed by atoms with Crippen molar-refractivity contribution >= 4 is 0 Å². The van der Waals surface area contributed by atoms with Crippen molar-refractivity contribution < 1.29 is 4.74 Å². The molecule has 0 spiro atoms. The number of hydrogen-bond acceptors (Lipinski definition) is 2. The molecule has 0 unspecified atom stereocenters. The Balaban J connectivity index is 2.20. The van der Waals surface area contributed by atoms with Gasteiger partial charge in [0.05, 0.1) is 0 Å². The third-order valence-electron chi connectivity index (χ3n) is 3.54. The summed E-state index contributed by atoms with van der Waals surface area (Å²) in [4.78, 5) is 0. The van der Waals surface area contributed by atoms with Gasteiger partial charge in [-0.2, -0.15) is 0 Å². The van der Waals surface area contributed by atoms with E-state index in [9.17, 15) is 0 Å². The van der Waals surface area contributed by atoms with Gasteiger partial charge in [0.15, 0.2) is 0 Å². The van der Waals surface area contributed by atoms with Gasteiger partial charge in [-0.1, -0.05) is 38.1 Å². The Hall–Kier alpha value is -0.860. The standard InChI is InChI=1S/C14H21NO/c1-11(2)12-3-5-13(6-4-12)14(15)7-9-16-10-8-14/h3-6,11H,7-10,15H2,1-2H3. The highest BCUT2D eigenvalue weighted by atomic mass is 16.5. The summed E-state index contributed by atoms with van der Waals surface area (Å²) in [5.41, 5.74) is 8.88. The second-order valence-corrected chi connectivity index (χ2v) is 5.05. The van der Waals surface area contributed by atoms with Crippen molar-refractivity contribution in [3.05, 3.63) is 35.4 Å². The molecule has 2 rings (SSSR count). The SMILES string of the molecule is CC(C)c1ccc(C2(N)CCOCC2)cc1. The summed E-state index contributed by atoms with van der Waals surface area (Å²) in [6.45, 7) is 5.98. The molecule has 0 bridgehead atoms. The summed E-state index contributed by atoms with van der Waals surface area (Å²) < 4.78 is 5.37. The van der Waals surface area contributed by atoms with Crippen LogP contribution in [0.4, 0.5) is 0 Å². The first-order chi connectivity index (χ1) is 7.62. The van der Waals surface area contributed by atoms with Crippen LogP contribution < -0.4 is 5.73 Å². The van der Waals surface area contributed by atoms with E-state index in [0.717, 1.165) is 26.1 Å². The highest BCUT2D eigenvalue weighted by Crippen LogP contribution is 2.30. The molecule has 88 valence electrons. The van der Waals surface area contributed by atoms with Gasteiger partial charge in [0.25, 0.3) is 0 Å². The van der Waals surface area contributed by atoms with Crippen molar-refractivity contribution in [2.45, 2.75) is 38.1 Å². The quantitative estimate of drug-likeness (QED) is 0.830. The molecule has 1 saturated heterocycles. The molecule has 1 heterocycles. The number of hydrogen-bond donors (Lipinski definition) is 1. The fourth-order valence-corrected chi connectivity index (χ4v) is 2.22. The zero-order chi connectivity index (χ0) is 11.6. The van der Waals surface area contributed by atoms with Crippen molar-refractivity contribution in [2.24, 2.45) is 5.73 Å². The van der Waals surface area contributed by atoms with Crippen molar-refractivity contribution in [3.63, 3.8) is 0 Å². The summed E-state index contributed by atoms with van der Waals surface area (Å²) in [6.07, 6.45) is 1.85. The molecule has 2 N–H and O–H groups in total. The first kappa shape index (κ1) is 11.6. The lowest BCUT2D eigenvalue weighted by molar-refractivity contribution is 0.0522. The van der Waals surface area contributed by atoms with Crippen LogP contribution in [0.15, 0.2) is 24.3 Å². The zero-order valence-electron chi connectivity index (χ0n) is 10.2. The smallest absolute Gasteiger partial charge is 0.0486 e. The monoisotopic (exact) mass is 219 g/mol. The van der Waals surface area contributed by atoms with Crippen LogP contribution in [0.25, 0.3) is 0 Å². The van der Waals surface area contributed by atoms with Gasteiger partial charge in [-0.25, -0.2) is 0 Å². The van der Waals surface area contributed by atoms with Gasteiger partial charge in [-0.05, 0) is 29.9 Å². The Morgan fingerprint density at radius 1 is 1.12 bits per heavy atom. The third kappa shape index (κ3) is 2.28. The maximum Gasteiger partial charge on any atom is 0.0486 e. The van der Waals surface area contributed by atoms with E-state index in [0.29, 0.717) is 5.92 Å². The lowest BCUT2D eigenvalue weighted by Gasteiger charge is -2.34. The molecule has 2 nitrogen and oxygen atoms in total. The van der Waals surface area contributed by atoms with Crippen LogP contribution in [0.5, 0.6) is 0 Å². The van der Waals surface area contributed by atoms with Crippen LogP contribution >= 0.6 is 0 Å². The Morgan fingerprint density at radius 2 is 1.69 bits per heavy atom. The largest absolute Gasteiger partial charge is 0.381 e. The summed E-state index contributed by atoms with van der Waals surface area (Å²) >= 11 is 0. The molecule has 1 aromatic rings. The van der Waals surface area contributed by atoms with Gasteiger partial charge in [0.1, 0.15) is 0 Å². The predicted molar refractivity (Wildman–Crippen MR) is 66.4 cm³/mol. The molecule has 16 heavy (non-hydrogen) atoms. The van der Waals surface area contributed by atoms with E-state index in [1.54, 1.807) is 0 Å². The Bertz CT molecular complexity index is 336. The lowest BCUT2D eigenvalue weighted by atomic mass is 9.83. The molecule has 1 aliphatic rings. The van der Waals surface area contributed by atoms with E-state index in [1.807, 2.05) is 0 Å². The maximum absolute atomic E-state index is 6.43. The normalized spacial score (nSPS) is 20.0. The van der Waals surface area contributed by atoms with Crippen LogP contribution in [0, 0.1) is 0 Å². The molecule has 0 radical (unpaired) electrons. The van der Waals surface area contributed by atoms with E-state index >= 15 is 0 Å². The Morgan fingerprint density at radius 3 is 2.19 bits per heavy atom. The number of nitrogens with two attached hydrogens (primary N) is 1. The predicted octanol–water partition coefficient (Wildman–Crippen LogP) is 2.77. The minimum Gasteiger partial charge on any atom is -0.381 e. The van der Waals surface area contributed by atoms with Gasteiger partial charge in [-0.15, -0.1) is 0 Å². The average Bonchev–Trinajstić information content (AvgIpc) is 2.30. The molecule has 2 heteroatoms. The molecular weight excluding hydrogens is 198 g/mol. The summed E-state index contributed by atoms with van der Waals surface area (Å²) in [6, 6.07) is 8.76. The lowest BCUT2D eigenvalue weighted by Crippen LogP contribution is -2.42. The molecule has 0 atom stereocenters. The molecule has 0 aromatic heterocycles. The van der Waals surface area contributed by atoms with Crippen LogP contribution in [0.2, 0.25) is 0 Å². The summed E-state index contributed by atoms with van der Waals surface area (Å²) in [7, 11) is 0. The van der Waals surface area contributed by atoms with Crippen LogP contribution in [0.1, 0.15) is 43.7 Å². The zero-order valence-corrected chi connectivity index (χ0v) is 10.2. The molecule has 1 aromatic carbocycles. The maximum atomic E-state index is 6.43. The van der Waals surface area contributed by atoms with Gasteiger partial charge in [-0.3, -0.25) is 0 Å². The van der Waals surface area contributed by atoms with Crippen LogP contribution in [0.3, 0.4) is 0 Å². The van der Waals surface area contributed by atoms with Gasteiger partial charge in [0, 0.05) is 18.8 Å². The highest BCUT2D eigenvalue weighted by Gasteiger charge is 2.29. The minimum absolute atomic E-state index is 0.173. The molecular formula is C14H21NO. The number of ether oxygens (including phenoxy) is 1. The molecule has 1 fully saturated rings. The summed E-state index contributed by atoms with van der Waals surface area (Å²) in [5.74, 6) is 0.581. The molecule has 0 aliphatic carbocycles. The molecule has 0 saturated carbocycles. The van der Waals surface area contributed by atoms with Crippen molar-refractivity contribution in [1.29, 1.82) is 0 Å². The molecule has 0 amide bonds. The van der Waals surface area contributed by atoms with Crippen LogP contribution in [-0.2, 0) is 10.3 Å². The second kappa shape index (κ2) is 4.56. The number of rotatable bonds is 2. The second-order valence-electron chi connectivity index (χ2n) is 5.05.